The molecule has 1 amide bonds. The van der Waals surface area contributed by atoms with Crippen molar-refractivity contribution in [2.24, 2.45) is 0 Å². The Kier molecular flexibility index (Phi) is 6.62. The number of amides is 1. The molecule has 150 valence electrons. The number of nitrogens with one attached hydrogen (secondary N) is 2. The normalized spacial score (nSPS) is 13.6. The van der Waals surface area contributed by atoms with E-state index < -0.39 is 0 Å². The highest BCUT2D eigenvalue weighted by atomic mass is 19.1. The Hall–Kier alpha value is -3.62. The number of hydrogen-bond donors (Lipinski definition) is 2. The maximum atomic E-state index is 12.3. The van der Waals surface area contributed by atoms with Crippen molar-refractivity contribution in [2.75, 3.05) is 23.3 Å². The van der Waals surface area contributed by atoms with Crippen LogP contribution < -0.4 is 10.2 Å². The van der Waals surface area contributed by atoms with Crippen molar-refractivity contribution in [3.63, 3.8) is 0 Å². The molecule has 0 saturated carbocycles. The average molecular weight is 395 g/mol. The van der Waals surface area contributed by atoms with E-state index in [1.807, 2.05) is 6.20 Å². The number of rotatable bonds is 4. The monoisotopic (exact) mass is 395 g/mol. The zero-order chi connectivity index (χ0) is 20.6. The van der Waals surface area contributed by atoms with E-state index in [1.54, 1.807) is 37.8 Å². The van der Waals surface area contributed by atoms with E-state index in [1.165, 1.54) is 11.8 Å². The van der Waals surface area contributed by atoms with Gasteiger partial charge in [0.15, 0.2) is 5.82 Å². The van der Waals surface area contributed by atoms with Crippen LogP contribution in [0.3, 0.4) is 0 Å². The van der Waals surface area contributed by atoms with Crippen LogP contribution in [0.15, 0.2) is 48.8 Å². The molecule has 0 saturated heterocycles. The number of aromatic nitrogens is 5. The van der Waals surface area contributed by atoms with E-state index in [4.69, 9.17) is 0 Å². The second kappa shape index (κ2) is 9.54. The molecule has 9 heteroatoms. The summed E-state index contributed by atoms with van der Waals surface area (Å²) in [7, 11) is 0. The van der Waals surface area contributed by atoms with E-state index in [0.29, 0.717) is 17.8 Å². The summed E-state index contributed by atoms with van der Waals surface area (Å²) in [6, 6.07) is 1.63. The van der Waals surface area contributed by atoms with Gasteiger partial charge in [0.25, 0.3) is 0 Å². The Balaban J connectivity index is 0.000000252. The molecule has 0 fully saturated rings. The molecule has 8 nitrogen and oxygen atoms in total. The van der Waals surface area contributed by atoms with Crippen LogP contribution in [0, 0.1) is 12.7 Å². The maximum absolute atomic E-state index is 12.3. The molecule has 0 aliphatic carbocycles. The summed E-state index contributed by atoms with van der Waals surface area (Å²) in [6.07, 6.45) is 11.2. The minimum atomic E-state index is -0.243. The summed E-state index contributed by atoms with van der Waals surface area (Å²) in [6.45, 7) is 5.50. The number of anilines is 2. The number of hydrogen-bond acceptors (Lipinski definition) is 6. The van der Waals surface area contributed by atoms with Gasteiger partial charge in [-0.25, -0.2) is 14.4 Å². The van der Waals surface area contributed by atoms with Gasteiger partial charge in [-0.3, -0.25) is 14.8 Å². The van der Waals surface area contributed by atoms with Gasteiger partial charge < -0.3 is 15.2 Å². The number of carbonyl (C=O) groups excluding carboxylic acids is 1. The summed E-state index contributed by atoms with van der Waals surface area (Å²) in [5.74, 6) is 1.07. The molecule has 4 heterocycles. The standard InChI is InChI=1S/C14H16N6O.C6H6FN/c1-10-2-5-20(14-15-3-4-16-14)8-11(10)12-6-18-13(7-17-12)19-9-21;1-5-2-3-8-4-6(5)7/h3-4,6-7,9H,2,5,8H2,1H3,(H,15,16)(H,18,19,21);2-4H,1H3. The van der Waals surface area contributed by atoms with Crippen LogP contribution in [0.25, 0.3) is 5.57 Å². The third-order valence-corrected chi connectivity index (χ3v) is 4.55. The molecule has 2 N–H and O–H groups in total. The lowest BCUT2D eigenvalue weighted by atomic mass is 9.99. The highest BCUT2D eigenvalue weighted by Crippen LogP contribution is 2.26. The van der Waals surface area contributed by atoms with Crippen LogP contribution in [-0.2, 0) is 4.79 Å². The zero-order valence-electron chi connectivity index (χ0n) is 16.3. The van der Waals surface area contributed by atoms with Gasteiger partial charge in [0.1, 0.15) is 5.82 Å². The van der Waals surface area contributed by atoms with Gasteiger partial charge in [0, 0.05) is 31.7 Å². The molecule has 0 bridgehead atoms. The van der Waals surface area contributed by atoms with Crippen molar-refractivity contribution in [3.05, 3.63) is 65.9 Å². The van der Waals surface area contributed by atoms with Crippen molar-refractivity contribution < 1.29 is 9.18 Å². The average Bonchev–Trinajstić information content (AvgIpc) is 3.27. The number of nitrogens with zero attached hydrogens (tertiary/aromatic N) is 5. The largest absolute Gasteiger partial charge is 0.338 e. The number of halogens is 1. The van der Waals surface area contributed by atoms with Gasteiger partial charge in [-0.15, -0.1) is 0 Å². The lowest BCUT2D eigenvalue weighted by molar-refractivity contribution is -0.105. The summed E-state index contributed by atoms with van der Waals surface area (Å²) >= 11 is 0. The van der Waals surface area contributed by atoms with E-state index in [2.05, 4.69) is 42.1 Å². The lowest BCUT2D eigenvalue weighted by Crippen LogP contribution is -2.31. The van der Waals surface area contributed by atoms with E-state index in [-0.39, 0.29) is 5.82 Å². The topological polar surface area (TPSA) is 99.7 Å². The lowest BCUT2D eigenvalue weighted by Gasteiger charge is -2.29. The van der Waals surface area contributed by atoms with Crippen molar-refractivity contribution in [2.45, 2.75) is 20.3 Å². The van der Waals surface area contributed by atoms with Crippen LogP contribution in [0.2, 0.25) is 0 Å². The molecule has 0 atom stereocenters. The molecule has 3 aromatic rings. The Morgan fingerprint density at radius 3 is 2.62 bits per heavy atom. The Bertz CT molecular complexity index is 950. The third-order valence-electron chi connectivity index (χ3n) is 4.55. The third kappa shape index (κ3) is 5.22. The Morgan fingerprint density at radius 1 is 1.17 bits per heavy atom. The fourth-order valence-corrected chi connectivity index (χ4v) is 2.83. The minimum absolute atomic E-state index is 0.243. The number of H-pyrrole nitrogens is 1. The van der Waals surface area contributed by atoms with Gasteiger partial charge in [0.2, 0.25) is 12.4 Å². The molecule has 1 aliphatic heterocycles. The quantitative estimate of drug-likeness (QED) is 0.659. The summed E-state index contributed by atoms with van der Waals surface area (Å²) in [5.41, 5.74) is 3.94. The summed E-state index contributed by atoms with van der Waals surface area (Å²) in [5, 5.41) is 2.48. The summed E-state index contributed by atoms with van der Waals surface area (Å²) in [4.78, 5) is 32.1. The summed E-state index contributed by atoms with van der Waals surface area (Å²) < 4.78 is 12.3. The maximum Gasteiger partial charge on any atom is 0.212 e. The molecule has 0 spiro atoms. The molecule has 0 aromatic carbocycles. The molecule has 4 rings (SSSR count). The molecule has 1 aliphatic rings. The van der Waals surface area contributed by atoms with Gasteiger partial charge in [-0.05, 0) is 37.5 Å². The van der Waals surface area contributed by atoms with E-state index >= 15 is 0 Å². The van der Waals surface area contributed by atoms with Crippen LogP contribution in [0.5, 0.6) is 0 Å². The van der Waals surface area contributed by atoms with Crippen LogP contribution in [-0.4, -0.2) is 44.4 Å². The SMILES string of the molecule is CC1=C(c2cnc(NC=O)cn2)CN(c2ncc[nH]2)CC1.Cc1ccncc1F. The number of aromatic amines is 1. The highest BCUT2D eigenvalue weighted by Gasteiger charge is 2.20. The van der Waals surface area contributed by atoms with Gasteiger partial charge in [-0.2, -0.15) is 0 Å². The van der Waals surface area contributed by atoms with E-state index in [9.17, 15) is 9.18 Å². The Labute approximate surface area is 168 Å². The van der Waals surface area contributed by atoms with Crippen LogP contribution in [0.1, 0.15) is 24.6 Å². The smallest absolute Gasteiger partial charge is 0.212 e. The van der Waals surface area contributed by atoms with Crippen molar-refractivity contribution in [1.29, 1.82) is 0 Å². The number of pyridine rings is 1. The first-order valence-corrected chi connectivity index (χ1v) is 9.10. The van der Waals surface area contributed by atoms with Crippen molar-refractivity contribution in [1.82, 2.24) is 24.9 Å². The number of carbonyl (C=O) groups is 1. The van der Waals surface area contributed by atoms with Gasteiger partial charge in [0.05, 0.1) is 24.3 Å². The van der Waals surface area contributed by atoms with Crippen LogP contribution in [0.4, 0.5) is 16.2 Å². The fourth-order valence-electron chi connectivity index (χ4n) is 2.83. The van der Waals surface area contributed by atoms with Gasteiger partial charge in [-0.1, -0.05) is 5.57 Å². The molecular weight excluding hydrogens is 373 g/mol. The number of aryl methyl sites for hydroxylation is 1. The van der Waals surface area contributed by atoms with Crippen molar-refractivity contribution >= 4 is 23.7 Å². The number of imidazole rings is 1. The first-order valence-electron chi connectivity index (χ1n) is 9.10. The minimum Gasteiger partial charge on any atom is -0.338 e. The molecule has 3 aromatic heterocycles. The Morgan fingerprint density at radius 2 is 2.03 bits per heavy atom. The fraction of sp³-hybridized carbons (Fsp3) is 0.250. The predicted octanol–water partition coefficient (Wildman–Crippen LogP) is 2.98. The zero-order valence-corrected chi connectivity index (χ0v) is 16.3. The molecule has 0 radical (unpaired) electrons. The van der Waals surface area contributed by atoms with Crippen molar-refractivity contribution in [3.8, 4) is 0 Å². The predicted molar refractivity (Wildman–Crippen MR) is 109 cm³/mol. The first-order chi connectivity index (χ1) is 14.1. The first kappa shape index (κ1) is 20.1. The molecule has 0 unspecified atom stereocenters. The van der Waals surface area contributed by atoms with Crippen LogP contribution >= 0.6 is 0 Å². The molecule has 29 heavy (non-hydrogen) atoms. The highest BCUT2D eigenvalue weighted by molar-refractivity contribution is 5.72. The van der Waals surface area contributed by atoms with E-state index in [0.717, 1.165) is 36.7 Å². The van der Waals surface area contributed by atoms with Gasteiger partial charge >= 0.3 is 0 Å². The molecular formula is C20H22FN7O. The second-order valence-corrected chi connectivity index (χ2v) is 6.52. The second-order valence-electron chi connectivity index (χ2n) is 6.52.